The minimum absolute atomic E-state index is 0.846. The number of aromatic nitrogens is 1. The Morgan fingerprint density at radius 2 is 1.72 bits per heavy atom. The topological polar surface area (TPSA) is 46.3 Å². The van der Waals surface area contributed by atoms with Crippen molar-refractivity contribution < 1.29 is 9.63 Å². The Bertz CT molecular complexity index is 629. The Balaban J connectivity index is 0.000000574. The number of hydrogen-bond donors (Lipinski definition) is 1. The molecule has 3 aromatic rings. The Kier molecular flexibility index (Phi) is 3.75. The molecule has 0 aliphatic rings. The average Bonchev–Trinajstić information content (AvgIpc) is 2.85. The molecule has 3 rings (SSSR count). The van der Waals surface area contributed by atoms with Crippen LogP contribution in [0.4, 0.5) is 0 Å². The first-order chi connectivity index (χ1) is 8.84. The van der Waals surface area contributed by atoms with Crippen molar-refractivity contribution in [1.29, 1.82) is 0 Å². The van der Waals surface area contributed by atoms with Crippen LogP contribution in [-0.4, -0.2) is 17.4 Å². The lowest BCUT2D eigenvalue weighted by atomic mass is 10.1. The standard InChI is InChI=1S/C14H11NO.CH4O/c1-10-7-8-12-13(9-10)16-15-14(12)11-5-3-2-4-6-11;1-2/h2-9H,1H3;2H,1H3. The number of aryl methyl sites for hydroxylation is 1. The van der Waals surface area contributed by atoms with Gasteiger partial charge in [-0.15, -0.1) is 0 Å². The van der Waals surface area contributed by atoms with Crippen LogP contribution in [0.2, 0.25) is 0 Å². The fourth-order valence-electron chi connectivity index (χ4n) is 1.85. The molecule has 1 heterocycles. The van der Waals surface area contributed by atoms with Gasteiger partial charge in [-0.3, -0.25) is 0 Å². The van der Waals surface area contributed by atoms with Gasteiger partial charge in [0.2, 0.25) is 0 Å². The van der Waals surface area contributed by atoms with Gasteiger partial charge in [-0.25, -0.2) is 0 Å². The maximum Gasteiger partial charge on any atom is 0.167 e. The zero-order valence-corrected chi connectivity index (χ0v) is 10.4. The van der Waals surface area contributed by atoms with E-state index in [1.54, 1.807) is 0 Å². The van der Waals surface area contributed by atoms with Crippen LogP contribution in [0.5, 0.6) is 0 Å². The lowest BCUT2D eigenvalue weighted by Gasteiger charge is -1.95. The molecule has 0 aliphatic carbocycles. The summed E-state index contributed by atoms with van der Waals surface area (Å²) in [4.78, 5) is 0. The summed E-state index contributed by atoms with van der Waals surface area (Å²) in [5, 5.41) is 12.2. The molecule has 3 nitrogen and oxygen atoms in total. The molecule has 0 saturated carbocycles. The van der Waals surface area contributed by atoms with Crippen molar-refractivity contribution in [1.82, 2.24) is 5.16 Å². The third-order valence-electron chi connectivity index (χ3n) is 2.67. The molecule has 2 aromatic carbocycles. The molecular weight excluding hydrogens is 226 g/mol. The zero-order chi connectivity index (χ0) is 13.0. The molecular formula is C15H15NO2. The molecule has 0 spiro atoms. The maximum absolute atomic E-state index is 7.00. The molecule has 0 saturated heterocycles. The van der Waals surface area contributed by atoms with E-state index in [4.69, 9.17) is 9.63 Å². The van der Waals surface area contributed by atoms with Crippen molar-refractivity contribution in [3.05, 3.63) is 54.1 Å². The molecule has 3 heteroatoms. The summed E-state index contributed by atoms with van der Waals surface area (Å²) in [5.74, 6) is 0. The van der Waals surface area contributed by atoms with Crippen molar-refractivity contribution in [2.45, 2.75) is 6.92 Å². The van der Waals surface area contributed by atoms with Gasteiger partial charge in [0.15, 0.2) is 5.58 Å². The third kappa shape index (κ3) is 2.26. The second-order valence-electron chi connectivity index (χ2n) is 3.90. The van der Waals surface area contributed by atoms with Crippen LogP contribution in [-0.2, 0) is 0 Å². The highest BCUT2D eigenvalue weighted by atomic mass is 16.5. The zero-order valence-electron chi connectivity index (χ0n) is 10.4. The summed E-state index contributed by atoms with van der Waals surface area (Å²) in [6.07, 6.45) is 0. The van der Waals surface area contributed by atoms with E-state index in [2.05, 4.69) is 17.3 Å². The average molecular weight is 241 g/mol. The Morgan fingerprint density at radius 1 is 1.00 bits per heavy atom. The van der Waals surface area contributed by atoms with Gasteiger partial charge in [0.25, 0.3) is 0 Å². The SMILES string of the molecule is CO.Cc1ccc2c(-c3ccccc3)noc2c1. The number of rotatable bonds is 1. The summed E-state index contributed by atoms with van der Waals surface area (Å²) in [6, 6.07) is 16.2. The first-order valence-electron chi connectivity index (χ1n) is 5.71. The van der Waals surface area contributed by atoms with Crippen LogP contribution < -0.4 is 0 Å². The summed E-state index contributed by atoms with van der Waals surface area (Å²) in [6.45, 7) is 2.05. The molecule has 0 unspecified atom stereocenters. The van der Waals surface area contributed by atoms with E-state index in [1.807, 2.05) is 43.3 Å². The molecule has 1 N–H and O–H groups in total. The molecule has 0 radical (unpaired) electrons. The van der Waals surface area contributed by atoms with Crippen molar-refractivity contribution in [3.63, 3.8) is 0 Å². The van der Waals surface area contributed by atoms with Crippen LogP contribution in [0.15, 0.2) is 53.1 Å². The predicted octanol–water partition coefficient (Wildman–Crippen LogP) is 3.41. The minimum Gasteiger partial charge on any atom is -0.400 e. The number of hydrogen-bond acceptors (Lipinski definition) is 3. The quantitative estimate of drug-likeness (QED) is 0.710. The van der Waals surface area contributed by atoms with Crippen molar-refractivity contribution in [2.24, 2.45) is 0 Å². The van der Waals surface area contributed by atoms with Crippen LogP contribution in [0.1, 0.15) is 5.56 Å². The van der Waals surface area contributed by atoms with E-state index >= 15 is 0 Å². The Morgan fingerprint density at radius 3 is 2.44 bits per heavy atom. The fraction of sp³-hybridized carbons (Fsp3) is 0.133. The molecule has 0 atom stereocenters. The van der Waals surface area contributed by atoms with E-state index in [0.29, 0.717) is 0 Å². The van der Waals surface area contributed by atoms with Gasteiger partial charge in [0.1, 0.15) is 5.69 Å². The fourth-order valence-corrected chi connectivity index (χ4v) is 1.85. The van der Waals surface area contributed by atoms with E-state index in [9.17, 15) is 0 Å². The van der Waals surface area contributed by atoms with Gasteiger partial charge >= 0.3 is 0 Å². The largest absolute Gasteiger partial charge is 0.400 e. The van der Waals surface area contributed by atoms with E-state index in [0.717, 1.165) is 29.3 Å². The van der Waals surface area contributed by atoms with E-state index in [1.165, 1.54) is 5.56 Å². The monoisotopic (exact) mass is 241 g/mol. The van der Waals surface area contributed by atoms with Crippen LogP contribution in [0, 0.1) is 6.92 Å². The predicted molar refractivity (Wildman–Crippen MR) is 72.3 cm³/mol. The maximum atomic E-state index is 7.00. The molecule has 18 heavy (non-hydrogen) atoms. The number of benzene rings is 2. The molecule has 0 fully saturated rings. The van der Waals surface area contributed by atoms with Gasteiger partial charge in [-0.1, -0.05) is 41.6 Å². The van der Waals surface area contributed by atoms with Gasteiger partial charge in [0, 0.05) is 18.1 Å². The van der Waals surface area contributed by atoms with E-state index in [-0.39, 0.29) is 0 Å². The van der Waals surface area contributed by atoms with E-state index < -0.39 is 0 Å². The smallest absolute Gasteiger partial charge is 0.167 e. The van der Waals surface area contributed by atoms with Crippen LogP contribution >= 0.6 is 0 Å². The number of aliphatic hydroxyl groups is 1. The molecule has 1 aromatic heterocycles. The first kappa shape index (κ1) is 12.3. The summed E-state index contributed by atoms with van der Waals surface area (Å²) in [7, 11) is 1.00. The molecule has 0 amide bonds. The highest BCUT2D eigenvalue weighted by Gasteiger charge is 2.09. The highest BCUT2D eigenvalue weighted by Crippen LogP contribution is 2.27. The second kappa shape index (κ2) is 5.47. The Labute approximate surface area is 106 Å². The van der Waals surface area contributed by atoms with Crippen LogP contribution in [0.3, 0.4) is 0 Å². The number of aliphatic hydroxyl groups excluding tert-OH is 1. The number of nitrogens with zero attached hydrogens (tertiary/aromatic N) is 1. The highest BCUT2D eigenvalue weighted by molar-refractivity contribution is 5.91. The number of fused-ring (bicyclic) bond motifs is 1. The second-order valence-corrected chi connectivity index (χ2v) is 3.90. The van der Waals surface area contributed by atoms with Crippen molar-refractivity contribution >= 4 is 11.0 Å². The normalized spacial score (nSPS) is 9.94. The lowest BCUT2D eigenvalue weighted by molar-refractivity contribution is 0.399. The van der Waals surface area contributed by atoms with Gasteiger partial charge in [-0.2, -0.15) is 0 Å². The summed E-state index contributed by atoms with van der Waals surface area (Å²) >= 11 is 0. The molecule has 0 aliphatic heterocycles. The Hall–Kier alpha value is -2.13. The summed E-state index contributed by atoms with van der Waals surface area (Å²) < 4.78 is 5.33. The summed E-state index contributed by atoms with van der Waals surface area (Å²) in [5.41, 5.74) is 4.03. The first-order valence-corrected chi connectivity index (χ1v) is 5.71. The minimum atomic E-state index is 0.846. The van der Waals surface area contributed by atoms with Crippen LogP contribution in [0.25, 0.3) is 22.2 Å². The third-order valence-corrected chi connectivity index (χ3v) is 2.67. The van der Waals surface area contributed by atoms with Gasteiger partial charge < -0.3 is 9.63 Å². The molecule has 0 bridgehead atoms. The van der Waals surface area contributed by atoms with Crippen molar-refractivity contribution in [3.8, 4) is 11.3 Å². The van der Waals surface area contributed by atoms with Gasteiger partial charge in [0.05, 0.1) is 0 Å². The molecule has 92 valence electrons. The lowest BCUT2D eigenvalue weighted by Crippen LogP contribution is -1.77. The van der Waals surface area contributed by atoms with Crippen molar-refractivity contribution in [2.75, 3.05) is 7.11 Å². The van der Waals surface area contributed by atoms with Gasteiger partial charge in [-0.05, 0) is 24.6 Å².